The Morgan fingerprint density at radius 3 is 2.90 bits per heavy atom. The van der Waals surface area contributed by atoms with Crippen molar-refractivity contribution in [3.8, 4) is 0 Å². The van der Waals surface area contributed by atoms with Gasteiger partial charge in [-0.05, 0) is 41.5 Å². The van der Waals surface area contributed by atoms with E-state index in [-0.39, 0.29) is 5.91 Å². The van der Waals surface area contributed by atoms with Crippen LogP contribution in [0.25, 0.3) is 0 Å². The van der Waals surface area contributed by atoms with E-state index >= 15 is 0 Å². The van der Waals surface area contributed by atoms with Gasteiger partial charge in [-0.15, -0.1) is 11.3 Å². The van der Waals surface area contributed by atoms with Gasteiger partial charge in [-0.2, -0.15) is 0 Å². The van der Waals surface area contributed by atoms with Crippen LogP contribution in [0.4, 0.5) is 5.69 Å². The Morgan fingerprint density at radius 1 is 1.40 bits per heavy atom. The Bertz CT molecular complexity index is 681. The Labute approximate surface area is 126 Å². The molecule has 3 rings (SSSR count). The van der Waals surface area contributed by atoms with Gasteiger partial charge in [0.05, 0.1) is 9.90 Å². The summed E-state index contributed by atoms with van der Waals surface area (Å²) in [6, 6.07) is 5.63. The van der Waals surface area contributed by atoms with E-state index in [4.69, 9.17) is 11.6 Å². The van der Waals surface area contributed by atoms with Crippen molar-refractivity contribution in [2.75, 3.05) is 5.32 Å². The first kappa shape index (κ1) is 13.6. The molecule has 1 aromatic heterocycles. The van der Waals surface area contributed by atoms with E-state index in [2.05, 4.69) is 5.32 Å². The molecule has 0 radical (unpaired) electrons. The summed E-state index contributed by atoms with van der Waals surface area (Å²) in [7, 11) is 0. The first-order valence-corrected chi connectivity index (χ1v) is 7.66. The van der Waals surface area contributed by atoms with Gasteiger partial charge in [-0.1, -0.05) is 23.7 Å². The number of fused-ring (bicyclic) bond motifs is 1. The molecule has 0 fully saturated rings. The third-order valence-corrected chi connectivity index (χ3v) is 5.28. The molecule has 1 amide bonds. The van der Waals surface area contributed by atoms with E-state index in [1.807, 2.05) is 30.5 Å². The number of carbonyl (C=O) groups excluding carboxylic acids is 1. The van der Waals surface area contributed by atoms with Crippen molar-refractivity contribution >= 4 is 34.5 Å². The number of amides is 1. The van der Waals surface area contributed by atoms with Gasteiger partial charge in [0.1, 0.15) is 6.10 Å². The van der Waals surface area contributed by atoms with Gasteiger partial charge < -0.3 is 10.4 Å². The summed E-state index contributed by atoms with van der Waals surface area (Å²) in [6.07, 6.45) is 0.480. The third kappa shape index (κ3) is 2.35. The fraction of sp³-hybridized carbons (Fsp3) is 0.267. The van der Waals surface area contributed by atoms with Crippen LogP contribution in [0, 0.1) is 6.92 Å². The average Bonchev–Trinajstić information content (AvgIpc) is 2.77. The maximum Gasteiger partial charge on any atom is 0.224 e. The second kappa shape index (κ2) is 5.20. The predicted octanol–water partition coefficient (Wildman–Crippen LogP) is 3.68. The summed E-state index contributed by atoms with van der Waals surface area (Å²) in [4.78, 5) is 12.1. The number of aliphatic hydroxyl groups excluding tert-OH is 1. The second-order valence-electron chi connectivity index (χ2n) is 4.96. The SMILES string of the molecule is Cc1csc(C(O)c2ccc3c(c2)CCC(=O)N3)c1Cl. The van der Waals surface area contributed by atoms with E-state index in [9.17, 15) is 9.90 Å². The highest BCUT2D eigenvalue weighted by molar-refractivity contribution is 7.10. The summed E-state index contributed by atoms with van der Waals surface area (Å²) in [6.45, 7) is 1.93. The monoisotopic (exact) mass is 307 g/mol. The van der Waals surface area contributed by atoms with E-state index in [1.54, 1.807) is 0 Å². The third-order valence-electron chi connectivity index (χ3n) is 3.51. The molecule has 1 aromatic carbocycles. The number of halogens is 1. The van der Waals surface area contributed by atoms with Crippen LogP contribution in [0.5, 0.6) is 0 Å². The highest BCUT2D eigenvalue weighted by Crippen LogP contribution is 2.37. The van der Waals surface area contributed by atoms with Crippen LogP contribution in [0.15, 0.2) is 23.6 Å². The molecular weight excluding hydrogens is 294 g/mol. The highest BCUT2D eigenvalue weighted by atomic mass is 35.5. The number of thiophene rings is 1. The molecule has 2 heterocycles. The van der Waals surface area contributed by atoms with E-state index in [0.29, 0.717) is 17.9 Å². The van der Waals surface area contributed by atoms with Crippen molar-refractivity contribution in [1.82, 2.24) is 0 Å². The Balaban J connectivity index is 1.95. The van der Waals surface area contributed by atoms with E-state index < -0.39 is 6.10 Å². The topological polar surface area (TPSA) is 49.3 Å². The van der Waals surface area contributed by atoms with Crippen molar-refractivity contribution in [2.45, 2.75) is 25.9 Å². The van der Waals surface area contributed by atoms with Crippen LogP contribution in [0.2, 0.25) is 5.02 Å². The zero-order chi connectivity index (χ0) is 14.3. The van der Waals surface area contributed by atoms with E-state index in [1.165, 1.54) is 11.3 Å². The number of aliphatic hydroxyl groups is 1. The molecule has 1 aliphatic rings. The maximum atomic E-state index is 11.3. The first-order valence-electron chi connectivity index (χ1n) is 6.40. The van der Waals surface area contributed by atoms with Gasteiger partial charge in [0, 0.05) is 12.1 Å². The summed E-state index contributed by atoms with van der Waals surface area (Å²) >= 11 is 7.67. The molecule has 2 N–H and O–H groups in total. The molecule has 1 unspecified atom stereocenters. The molecule has 1 aliphatic heterocycles. The highest BCUT2D eigenvalue weighted by Gasteiger charge is 2.20. The zero-order valence-corrected chi connectivity index (χ0v) is 12.5. The van der Waals surface area contributed by atoms with Crippen molar-refractivity contribution in [3.63, 3.8) is 0 Å². The molecule has 0 spiro atoms. The molecule has 1 atom stereocenters. The molecule has 0 saturated carbocycles. The molecule has 0 aliphatic carbocycles. The maximum absolute atomic E-state index is 11.3. The number of anilines is 1. The van der Waals surface area contributed by atoms with Gasteiger partial charge in [0.15, 0.2) is 0 Å². The average molecular weight is 308 g/mol. The number of hydrogen-bond donors (Lipinski definition) is 2. The fourth-order valence-corrected chi connectivity index (χ4v) is 3.67. The van der Waals surface area contributed by atoms with Gasteiger partial charge in [0.2, 0.25) is 5.91 Å². The normalized spacial score (nSPS) is 15.7. The molecule has 20 heavy (non-hydrogen) atoms. The lowest BCUT2D eigenvalue weighted by Crippen LogP contribution is -2.19. The van der Waals surface area contributed by atoms with Gasteiger partial charge >= 0.3 is 0 Å². The summed E-state index contributed by atoms with van der Waals surface area (Å²) in [5, 5.41) is 15.9. The Hall–Kier alpha value is -1.36. The minimum atomic E-state index is -0.718. The number of benzene rings is 1. The minimum Gasteiger partial charge on any atom is -0.383 e. The molecule has 0 saturated heterocycles. The lowest BCUT2D eigenvalue weighted by atomic mass is 9.97. The summed E-state index contributed by atoms with van der Waals surface area (Å²) in [5.41, 5.74) is 3.69. The molecule has 2 aromatic rings. The van der Waals surface area contributed by atoms with Crippen molar-refractivity contribution in [3.05, 3.63) is 50.2 Å². The number of nitrogens with one attached hydrogen (secondary N) is 1. The fourth-order valence-electron chi connectivity index (χ4n) is 2.36. The van der Waals surface area contributed by atoms with Gasteiger partial charge in [0.25, 0.3) is 0 Å². The summed E-state index contributed by atoms with van der Waals surface area (Å²) in [5.74, 6) is 0.0442. The summed E-state index contributed by atoms with van der Waals surface area (Å²) < 4.78 is 0. The molecule has 0 bridgehead atoms. The standard InChI is InChI=1S/C15H14ClNO2S/c1-8-7-20-15(13(8)16)14(19)10-2-4-11-9(6-10)3-5-12(18)17-11/h2,4,6-7,14,19H,3,5H2,1H3,(H,17,18). The smallest absolute Gasteiger partial charge is 0.224 e. The largest absolute Gasteiger partial charge is 0.383 e. The predicted molar refractivity (Wildman–Crippen MR) is 81.5 cm³/mol. The van der Waals surface area contributed by atoms with E-state index in [0.717, 1.165) is 27.3 Å². The van der Waals surface area contributed by atoms with Crippen LogP contribution >= 0.6 is 22.9 Å². The van der Waals surface area contributed by atoms with Crippen LogP contribution in [0.1, 0.15) is 34.1 Å². The molecule has 3 nitrogen and oxygen atoms in total. The van der Waals surface area contributed by atoms with Crippen LogP contribution in [-0.4, -0.2) is 11.0 Å². The molecule has 104 valence electrons. The Kier molecular flexibility index (Phi) is 3.54. The quantitative estimate of drug-likeness (QED) is 0.889. The lowest BCUT2D eigenvalue weighted by molar-refractivity contribution is -0.116. The Morgan fingerprint density at radius 2 is 2.20 bits per heavy atom. The van der Waals surface area contributed by atoms with Crippen LogP contribution < -0.4 is 5.32 Å². The zero-order valence-electron chi connectivity index (χ0n) is 10.9. The van der Waals surface area contributed by atoms with Gasteiger partial charge in [-0.3, -0.25) is 4.79 Å². The second-order valence-corrected chi connectivity index (χ2v) is 6.25. The minimum absolute atomic E-state index is 0.0442. The van der Waals surface area contributed by atoms with Gasteiger partial charge in [-0.25, -0.2) is 0 Å². The number of aryl methyl sites for hydroxylation is 2. The lowest BCUT2D eigenvalue weighted by Gasteiger charge is -2.19. The van der Waals surface area contributed by atoms with Crippen LogP contribution in [0.3, 0.4) is 0 Å². The van der Waals surface area contributed by atoms with Crippen molar-refractivity contribution in [1.29, 1.82) is 0 Å². The van der Waals surface area contributed by atoms with Crippen molar-refractivity contribution < 1.29 is 9.90 Å². The number of carbonyl (C=O) groups is 1. The van der Waals surface area contributed by atoms with Crippen LogP contribution in [-0.2, 0) is 11.2 Å². The number of hydrogen-bond acceptors (Lipinski definition) is 3. The molecular formula is C15H14ClNO2S. The number of rotatable bonds is 2. The first-order chi connectivity index (χ1) is 9.56. The molecule has 5 heteroatoms. The van der Waals surface area contributed by atoms with Crippen molar-refractivity contribution in [2.24, 2.45) is 0 Å².